The molecular weight excluding hydrogens is 514 g/mol. The summed E-state index contributed by atoms with van der Waals surface area (Å²) in [5.41, 5.74) is 2.17. The van der Waals surface area contributed by atoms with Crippen LogP contribution in [0.5, 0.6) is 0 Å². The van der Waals surface area contributed by atoms with Gasteiger partial charge in [-0.25, -0.2) is 4.79 Å². The molecule has 40 heavy (non-hydrogen) atoms. The summed E-state index contributed by atoms with van der Waals surface area (Å²) in [6, 6.07) is 7.76. The van der Waals surface area contributed by atoms with Gasteiger partial charge in [0.2, 0.25) is 5.91 Å². The fraction of sp³-hybridized carbons (Fsp3) is 0.483. The quantitative estimate of drug-likeness (QED) is 0.450. The summed E-state index contributed by atoms with van der Waals surface area (Å²) >= 11 is 0. The lowest BCUT2D eigenvalue weighted by molar-refractivity contribution is -0.137. The zero-order chi connectivity index (χ0) is 28.5. The van der Waals surface area contributed by atoms with Crippen LogP contribution in [0, 0.1) is 5.92 Å². The zero-order valence-corrected chi connectivity index (χ0v) is 22.8. The van der Waals surface area contributed by atoms with E-state index in [4.69, 9.17) is 4.74 Å². The van der Waals surface area contributed by atoms with Crippen molar-refractivity contribution in [2.24, 2.45) is 5.92 Å². The maximum atomic E-state index is 13.3. The van der Waals surface area contributed by atoms with E-state index < -0.39 is 17.9 Å². The number of carbonyl (C=O) groups excluding carboxylic acids is 3. The topological polar surface area (TPSA) is 141 Å². The molecule has 3 amide bonds. The molecule has 11 heteroatoms. The molecule has 2 aliphatic rings. The van der Waals surface area contributed by atoms with Crippen LogP contribution in [-0.2, 0) is 14.3 Å². The van der Waals surface area contributed by atoms with Gasteiger partial charge in [0.25, 0.3) is 5.91 Å². The molecule has 1 saturated heterocycles. The summed E-state index contributed by atoms with van der Waals surface area (Å²) in [6.45, 7) is 2.22. The number of hydrogen-bond acceptors (Lipinski definition) is 7. The van der Waals surface area contributed by atoms with E-state index >= 15 is 0 Å². The maximum Gasteiger partial charge on any atom is 0.409 e. The van der Waals surface area contributed by atoms with E-state index in [9.17, 15) is 24.3 Å². The minimum Gasteiger partial charge on any atom is -0.481 e. The summed E-state index contributed by atoms with van der Waals surface area (Å²) in [7, 11) is 1.36. The van der Waals surface area contributed by atoms with Gasteiger partial charge in [-0.2, -0.15) is 0 Å². The van der Waals surface area contributed by atoms with Gasteiger partial charge in [-0.05, 0) is 49.1 Å². The second kappa shape index (κ2) is 13.8. The Hall–Kier alpha value is -4.15. The van der Waals surface area contributed by atoms with Crippen molar-refractivity contribution in [1.82, 2.24) is 15.2 Å². The molecule has 214 valence electrons. The number of aliphatic carboxylic acids is 1. The van der Waals surface area contributed by atoms with Crippen molar-refractivity contribution in [3.05, 3.63) is 53.9 Å². The van der Waals surface area contributed by atoms with Crippen molar-refractivity contribution in [2.45, 2.75) is 51.0 Å². The Morgan fingerprint density at radius 1 is 1.05 bits per heavy atom. The first-order valence-corrected chi connectivity index (χ1v) is 13.8. The predicted molar refractivity (Wildman–Crippen MR) is 149 cm³/mol. The van der Waals surface area contributed by atoms with E-state index in [-0.39, 0.29) is 24.3 Å². The number of pyridine rings is 1. The van der Waals surface area contributed by atoms with Crippen LogP contribution in [0.4, 0.5) is 16.2 Å². The number of carboxylic acids is 1. The molecule has 0 bridgehead atoms. The van der Waals surface area contributed by atoms with E-state index in [0.29, 0.717) is 43.0 Å². The fourth-order valence-corrected chi connectivity index (χ4v) is 5.37. The van der Waals surface area contributed by atoms with Crippen LogP contribution in [-0.4, -0.2) is 72.2 Å². The predicted octanol–water partition coefficient (Wildman–Crippen LogP) is 3.82. The number of hydrogen-bond donors (Lipinski definition) is 3. The molecule has 1 aliphatic heterocycles. The van der Waals surface area contributed by atoms with Crippen LogP contribution >= 0.6 is 0 Å². The van der Waals surface area contributed by atoms with Gasteiger partial charge in [0.1, 0.15) is 0 Å². The lowest BCUT2D eigenvalue weighted by Crippen LogP contribution is -2.35. The van der Waals surface area contributed by atoms with E-state index in [1.807, 2.05) is 0 Å². The molecule has 1 unspecified atom stereocenters. The van der Waals surface area contributed by atoms with Crippen LogP contribution in [0.15, 0.2) is 42.7 Å². The minimum absolute atomic E-state index is 0.0661. The maximum absolute atomic E-state index is 13.3. The zero-order valence-electron chi connectivity index (χ0n) is 22.8. The van der Waals surface area contributed by atoms with Crippen molar-refractivity contribution >= 4 is 35.3 Å². The first-order chi connectivity index (χ1) is 19.4. The summed E-state index contributed by atoms with van der Waals surface area (Å²) in [6.07, 6.45) is 7.99. The monoisotopic (exact) mass is 551 g/mol. The molecule has 4 rings (SSSR count). The molecule has 1 saturated carbocycles. The number of ether oxygens (including phenoxy) is 1. The average molecular weight is 552 g/mol. The van der Waals surface area contributed by atoms with Crippen LogP contribution in [0.1, 0.15) is 66.9 Å². The fourth-order valence-electron chi connectivity index (χ4n) is 5.37. The Labute approximate surface area is 233 Å². The van der Waals surface area contributed by atoms with E-state index in [0.717, 1.165) is 44.2 Å². The number of methoxy groups -OCH3 is 1. The number of nitrogens with one attached hydrogen (secondary N) is 2. The second-order valence-corrected chi connectivity index (χ2v) is 10.3. The number of amides is 3. The molecule has 2 fully saturated rings. The number of anilines is 2. The Morgan fingerprint density at radius 3 is 2.55 bits per heavy atom. The first kappa shape index (κ1) is 28.8. The SMILES string of the molecule is COC(=O)N1CCCN(c2ccc(C(=O)NC(CC(=O)O)c3cccnc3)cc2NC(=O)C2CCCCC2)CC1. The molecule has 1 aromatic heterocycles. The van der Waals surface area contributed by atoms with Gasteiger partial charge in [-0.1, -0.05) is 25.3 Å². The van der Waals surface area contributed by atoms with E-state index in [1.165, 1.54) is 13.3 Å². The molecule has 2 heterocycles. The number of carboxylic acid groups (broad SMARTS) is 1. The highest BCUT2D eigenvalue weighted by molar-refractivity contribution is 6.00. The van der Waals surface area contributed by atoms with Crippen molar-refractivity contribution in [1.29, 1.82) is 0 Å². The van der Waals surface area contributed by atoms with E-state index in [1.54, 1.807) is 41.4 Å². The molecular formula is C29H37N5O6. The van der Waals surface area contributed by atoms with Crippen LogP contribution in [0.2, 0.25) is 0 Å². The number of rotatable bonds is 8. The Kier molecular flexibility index (Phi) is 9.93. The third-order valence-electron chi connectivity index (χ3n) is 7.53. The lowest BCUT2D eigenvalue weighted by atomic mass is 9.88. The number of nitrogens with zero attached hydrogens (tertiary/aromatic N) is 3. The van der Waals surface area contributed by atoms with Gasteiger partial charge in [-0.15, -0.1) is 0 Å². The van der Waals surface area contributed by atoms with Gasteiger partial charge < -0.3 is 30.3 Å². The third-order valence-corrected chi connectivity index (χ3v) is 7.53. The van der Waals surface area contributed by atoms with Crippen molar-refractivity contribution in [2.75, 3.05) is 43.5 Å². The smallest absolute Gasteiger partial charge is 0.409 e. The second-order valence-electron chi connectivity index (χ2n) is 10.3. The van der Waals surface area contributed by atoms with Gasteiger partial charge in [-0.3, -0.25) is 19.4 Å². The van der Waals surface area contributed by atoms with Crippen LogP contribution in [0.25, 0.3) is 0 Å². The van der Waals surface area contributed by atoms with Crippen molar-refractivity contribution in [3.8, 4) is 0 Å². The molecule has 1 atom stereocenters. The summed E-state index contributed by atoms with van der Waals surface area (Å²) in [5, 5.41) is 15.3. The normalized spacial score (nSPS) is 16.9. The Morgan fingerprint density at radius 2 is 1.85 bits per heavy atom. The summed E-state index contributed by atoms with van der Waals surface area (Å²) < 4.78 is 4.89. The molecule has 2 aromatic rings. The summed E-state index contributed by atoms with van der Waals surface area (Å²) in [4.78, 5) is 58.0. The first-order valence-electron chi connectivity index (χ1n) is 13.8. The molecule has 11 nitrogen and oxygen atoms in total. The van der Waals surface area contributed by atoms with Gasteiger partial charge >= 0.3 is 12.1 Å². The highest BCUT2D eigenvalue weighted by Gasteiger charge is 2.26. The standard InChI is InChI=1S/C29H37N5O6/c1-40-29(39)34-14-6-13-33(15-16-34)25-11-10-21(17-24(25)32-27(37)20-7-3-2-4-8-20)28(38)31-23(18-26(35)36)22-9-5-12-30-19-22/h5,9-12,17,19-20,23H,2-4,6-8,13-16,18H2,1H3,(H,31,38)(H,32,37)(H,35,36). The van der Waals surface area contributed by atoms with Gasteiger partial charge in [0.05, 0.1) is 30.9 Å². The minimum atomic E-state index is -1.05. The average Bonchev–Trinajstić information content (AvgIpc) is 3.23. The molecule has 1 aliphatic carbocycles. The third kappa shape index (κ3) is 7.49. The molecule has 3 N–H and O–H groups in total. The highest BCUT2D eigenvalue weighted by Crippen LogP contribution is 2.31. The lowest BCUT2D eigenvalue weighted by Gasteiger charge is -2.28. The Bertz CT molecular complexity index is 1200. The van der Waals surface area contributed by atoms with Crippen molar-refractivity contribution in [3.63, 3.8) is 0 Å². The Balaban J connectivity index is 1.59. The molecule has 0 spiro atoms. The van der Waals surface area contributed by atoms with Crippen LogP contribution < -0.4 is 15.5 Å². The number of carbonyl (C=O) groups is 4. The summed E-state index contributed by atoms with van der Waals surface area (Å²) in [5.74, 6) is -1.65. The number of benzene rings is 1. The van der Waals surface area contributed by atoms with Crippen molar-refractivity contribution < 1.29 is 29.0 Å². The molecule has 1 aromatic carbocycles. The largest absolute Gasteiger partial charge is 0.481 e. The highest BCUT2D eigenvalue weighted by atomic mass is 16.5. The van der Waals surface area contributed by atoms with Gasteiger partial charge in [0.15, 0.2) is 0 Å². The van der Waals surface area contributed by atoms with Crippen LogP contribution in [0.3, 0.4) is 0 Å². The van der Waals surface area contributed by atoms with Gasteiger partial charge in [0, 0.05) is 50.1 Å². The number of aromatic nitrogens is 1. The van der Waals surface area contributed by atoms with E-state index in [2.05, 4.69) is 20.5 Å². The molecule has 0 radical (unpaired) electrons.